The van der Waals surface area contributed by atoms with Gasteiger partial charge in [0.15, 0.2) is 0 Å². The summed E-state index contributed by atoms with van der Waals surface area (Å²) in [7, 11) is 0. The molecule has 0 N–H and O–H groups in total. The van der Waals surface area contributed by atoms with Crippen molar-refractivity contribution in [2.45, 2.75) is 39.0 Å². The normalized spacial score (nSPS) is 16.8. The van der Waals surface area contributed by atoms with Crippen molar-refractivity contribution in [3.8, 4) is 0 Å². The molecule has 0 bridgehead atoms. The second-order valence-corrected chi connectivity index (χ2v) is 5.29. The van der Waals surface area contributed by atoms with Crippen LogP contribution in [0.15, 0.2) is 18.5 Å². The molecule has 1 aromatic rings. The lowest BCUT2D eigenvalue weighted by atomic mass is 10.1. The first-order valence-corrected chi connectivity index (χ1v) is 7.64. The minimum atomic E-state index is 0.880. The van der Waals surface area contributed by atoms with Crippen LogP contribution in [-0.2, 0) is 0 Å². The molecule has 2 heterocycles. The quantitative estimate of drug-likeness (QED) is 0.707. The number of rotatable bonds is 7. The molecule has 4 heteroatoms. The molecule has 0 atom stereocenters. The molecule has 1 fully saturated rings. The van der Waals surface area contributed by atoms with Gasteiger partial charge in [0.2, 0.25) is 5.95 Å². The second-order valence-electron chi connectivity index (χ2n) is 5.29. The number of nitrogens with zero attached hydrogens (tertiary/aromatic N) is 4. The Hall–Kier alpha value is -1.16. The van der Waals surface area contributed by atoms with Crippen molar-refractivity contribution in [1.82, 2.24) is 14.9 Å². The zero-order valence-electron chi connectivity index (χ0n) is 12.1. The monoisotopic (exact) mass is 262 g/mol. The maximum Gasteiger partial charge on any atom is 0.225 e. The molecule has 106 valence electrons. The molecule has 0 aliphatic carbocycles. The Morgan fingerprint density at radius 2 is 1.63 bits per heavy atom. The molecule has 2 rings (SSSR count). The van der Waals surface area contributed by atoms with Crippen LogP contribution in [0, 0.1) is 0 Å². The Kier molecular flexibility index (Phi) is 6.08. The van der Waals surface area contributed by atoms with E-state index in [-0.39, 0.29) is 0 Å². The van der Waals surface area contributed by atoms with Gasteiger partial charge in [-0.3, -0.25) is 4.90 Å². The number of piperazine rings is 1. The van der Waals surface area contributed by atoms with Crippen LogP contribution in [0.4, 0.5) is 5.95 Å². The molecule has 0 spiro atoms. The highest BCUT2D eigenvalue weighted by Crippen LogP contribution is 2.11. The molecule has 0 amide bonds. The van der Waals surface area contributed by atoms with E-state index in [1.54, 1.807) is 0 Å². The smallest absolute Gasteiger partial charge is 0.225 e. The van der Waals surface area contributed by atoms with Crippen LogP contribution in [0.3, 0.4) is 0 Å². The lowest BCUT2D eigenvalue weighted by molar-refractivity contribution is 0.251. The summed E-state index contributed by atoms with van der Waals surface area (Å²) in [6, 6.07) is 1.87. The van der Waals surface area contributed by atoms with Gasteiger partial charge in [0.05, 0.1) is 0 Å². The average Bonchev–Trinajstić information content (AvgIpc) is 2.49. The van der Waals surface area contributed by atoms with Crippen molar-refractivity contribution >= 4 is 5.95 Å². The second kappa shape index (κ2) is 8.10. The van der Waals surface area contributed by atoms with E-state index in [1.165, 1.54) is 38.6 Å². The van der Waals surface area contributed by atoms with Gasteiger partial charge in [-0.2, -0.15) is 0 Å². The largest absolute Gasteiger partial charge is 0.338 e. The third-order valence-electron chi connectivity index (χ3n) is 3.79. The van der Waals surface area contributed by atoms with Crippen molar-refractivity contribution in [1.29, 1.82) is 0 Å². The van der Waals surface area contributed by atoms with Gasteiger partial charge < -0.3 is 4.90 Å². The fourth-order valence-corrected chi connectivity index (χ4v) is 2.56. The standard InChI is InChI=1S/C15H26N4/c1-2-3-4-5-6-10-18-11-13-19(14-12-18)15-16-8-7-9-17-15/h7-9H,2-6,10-14H2,1H3. The van der Waals surface area contributed by atoms with Gasteiger partial charge in [-0.15, -0.1) is 0 Å². The van der Waals surface area contributed by atoms with Crippen LogP contribution in [0.1, 0.15) is 39.0 Å². The van der Waals surface area contributed by atoms with Crippen molar-refractivity contribution in [3.63, 3.8) is 0 Å². The Labute approximate surface area is 116 Å². The molecule has 19 heavy (non-hydrogen) atoms. The topological polar surface area (TPSA) is 32.3 Å². The molecule has 0 saturated carbocycles. The SMILES string of the molecule is CCCCCCCN1CCN(c2ncccn2)CC1. The molecular weight excluding hydrogens is 236 g/mol. The third kappa shape index (κ3) is 4.78. The highest BCUT2D eigenvalue weighted by atomic mass is 15.3. The summed E-state index contributed by atoms with van der Waals surface area (Å²) < 4.78 is 0. The fourth-order valence-electron chi connectivity index (χ4n) is 2.56. The number of aromatic nitrogens is 2. The van der Waals surface area contributed by atoms with Crippen molar-refractivity contribution < 1.29 is 0 Å². The zero-order chi connectivity index (χ0) is 13.3. The van der Waals surface area contributed by atoms with Gasteiger partial charge in [0.25, 0.3) is 0 Å². The van der Waals surface area contributed by atoms with Crippen LogP contribution in [0.25, 0.3) is 0 Å². The first kappa shape index (κ1) is 14.3. The van der Waals surface area contributed by atoms with E-state index in [0.29, 0.717) is 0 Å². The van der Waals surface area contributed by atoms with E-state index in [4.69, 9.17) is 0 Å². The molecular formula is C15H26N4. The first-order chi connectivity index (χ1) is 9.40. The van der Waals surface area contributed by atoms with Gasteiger partial charge in [0.1, 0.15) is 0 Å². The molecule has 0 aromatic carbocycles. The van der Waals surface area contributed by atoms with Crippen LogP contribution in [0.5, 0.6) is 0 Å². The Morgan fingerprint density at radius 3 is 2.32 bits per heavy atom. The third-order valence-corrected chi connectivity index (χ3v) is 3.79. The van der Waals surface area contributed by atoms with E-state index < -0.39 is 0 Å². The number of unbranched alkanes of at least 4 members (excludes halogenated alkanes) is 4. The van der Waals surface area contributed by atoms with Gasteiger partial charge in [-0.1, -0.05) is 32.6 Å². The Morgan fingerprint density at radius 1 is 0.947 bits per heavy atom. The summed E-state index contributed by atoms with van der Waals surface area (Å²) in [5.74, 6) is 0.880. The van der Waals surface area contributed by atoms with E-state index in [1.807, 2.05) is 18.5 Å². The minimum absolute atomic E-state index is 0.880. The van der Waals surface area contributed by atoms with Crippen molar-refractivity contribution in [3.05, 3.63) is 18.5 Å². The van der Waals surface area contributed by atoms with E-state index in [9.17, 15) is 0 Å². The zero-order valence-corrected chi connectivity index (χ0v) is 12.1. The molecule has 0 unspecified atom stereocenters. The first-order valence-electron chi connectivity index (χ1n) is 7.64. The Bertz CT molecular complexity index is 333. The molecule has 1 aliphatic heterocycles. The summed E-state index contributed by atoms with van der Waals surface area (Å²) in [5, 5.41) is 0. The maximum atomic E-state index is 4.32. The van der Waals surface area contributed by atoms with Crippen LogP contribution in [-0.4, -0.2) is 47.6 Å². The highest BCUT2D eigenvalue weighted by Gasteiger charge is 2.17. The number of anilines is 1. The molecule has 1 saturated heterocycles. The van der Waals surface area contributed by atoms with Gasteiger partial charge in [-0.05, 0) is 19.0 Å². The van der Waals surface area contributed by atoms with Crippen LogP contribution >= 0.6 is 0 Å². The fraction of sp³-hybridized carbons (Fsp3) is 0.733. The van der Waals surface area contributed by atoms with Crippen LogP contribution < -0.4 is 4.90 Å². The predicted octanol–water partition coefficient (Wildman–Crippen LogP) is 2.57. The van der Waals surface area contributed by atoms with Crippen LogP contribution in [0.2, 0.25) is 0 Å². The summed E-state index contributed by atoms with van der Waals surface area (Å²) in [5.41, 5.74) is 0. The summed E-state index contributed by atoms with van der Waals surface area (Å²) in [6.45, 7) is 7.92. The highest BCUT2D eigenvalue weighted by molar-refractivity contribution is 5.29. The average molecular weight is 262 g/mol. The molecule has 0 radical (unpaired) electrons. The summed E-state index contributed by atoms with van der Waals surface area (Å²) in [6.07, 6.45) is 10.5. The lowest BCUT2D eigenvalue weighted by Crippen LogP contribution is -2.47. The van der Waals surface area contributed by atoms with E-state index >= 15 is 0 Å². The summed E-state index contributed by atoms with van der Waals surface area (Å²) in [4.78, 5) is 13.5. The Balaban J connectivity index is 1.63. The number of hydrogen-bond donors (Lipinski definition) is 0. The maximum absolute atomic E-state index is 4.32. The molecule has 1 aliphatic rings. The molecule has 4 nitrogen and oxygen atoms in total. The summed E-state index contributed by atoms with van der Waals surface area (Å²) >= 11 is 0. The van der Waals surface area contributed by atoms with E-state index in [2.05, 4.69) is 26.7 Å². The predicted molar refractivity (Wildman–Crippen MR) is 79.4 cm³/mol. The van der Waals surface area contributed by atoms with E-state index in [0.717, 1.165) is 32.1 Å². The van der Waals surface area contributed by atoms with Crippen molar-refractivity contribution in [2.24, 2.45) is 0 Å². The number of hydrogen-bond acceptors (Lipinski definition) is 4. The van der Waals surface area contributed by atoms with Gasteiger partial charge in [0, 0.05) is 38.6 Å². The van der Waals surface area contributed by atoms with Crippen molar-refractivity contribution in [2.75, 3.05) is 37.6 Å². The van der Waals surface area contributed by atoms with Gasteiger partial charge in [-0.25, -0.2) is 9.97 Å². The minimum Gasteiger partial charge on any atom is -0.338 e. The molecule has 1 aromatic heterocycles. The van der Waals surface area contributed by atoms with Gasteiger partial charge >= 0.3 is 0 Å². The lowest BCUT2D eigenvalue weighted by Gasteiger charge is -2.34.